The molecule has 0 aliphatic heterocycles. The van der Waals surface area contributed by atoms with Gasteiger partial charge in [-0.15, -0.1) is 0 Å². The first kappa shape index (κ1) is 37.2. The number of amides is 2. The lowest BCUT2D eigenvalue weighted by atomic mass is 9.89. The van der Waals surface area contributed by atoms with Crippen LogP contribution < -0.4 is 16.2 Å². The third-order valence-corrected chi connectivity index (χ3v) is 8.68. The summed E-state index contributed by atoms with van der Waals surface area (Å²) in [4.78, 5) is 54.6. The monoisotopic (exact) mass is 648 g/mol. The molecule has 3 aromatic rings. The molecule has 0 bridgehead atoms. The Morgan fingerprint density at radius 1 is 0.979 bits per heavy atom. The SMILES string of the molecule is Cc1cc(C)c(-c2cc(C)c(F)c([C@H](CC(=O)O)NC(=O)[C@H](CC(C)C)NC(=O)c3cccn(CC(C)(C)N(C)C)c3=O)c2)c(C)c1. The van der Waals surface area contributed by atoms with Crippen LogP contribution in [0.2, 0.25) is 0 Å². The number of hydrogen-bond acceptors (Lipinski definition) is 5. The van der Waals surface area contributed by atoms with Gasteiger partial charge in [0.2, 0.25) is 5.91 Å². The molecule has 10 heteroatoms. The average molecular weight is 649 g/mol. The topological polar surface area (TPSA) is 121 Å². The molecule has 0 radical (unpaired) electrons. The average Bonchev–Trinajstić information content (AvgIpc) is 2.93. The molecule has 0 fully saturated rings. The summed E-state index contributed by atoms with van der Waals surface area (Å²) in [6.45, 7) is 15.6. The molecule has 1 aromatic heterocycles. The quantitative estimate of drug-likeness (QED) is 0.219. The number of aromatic nitrogens is 1. The van der Waals surface area contributed by atoms with Crippen molar-refractivity contribution in [2.45, 2.75) is 92.4 Å². The number of carbonyl (C=O) groups is 3. The van der Waals surface area contributed by atoms with Gasteiger partial charge in [-0.1, -0.05) is 31.5 Å². The molecular weight excluding hydrogens is 599 g/mol. The third-order valence-electron chi connectivity index (χ3n) is 8.68. The highest BCUT2D eigenvalue weighted by Gasteiger charge is 2.30. The smallest absolute Gasteiger partial charge is 0.305 e. The summed E-state index contributed by atoms with van der Waals surface area (Å²) >= 11 is 0. The van der Waals surface area contributed by atoms with Crippen molar-refractivity contribution in [1.29, 1.82) is 0 Å². The molecule has 0 unspecified atom stereocenters. The first-order chi connectivity index (χ1) is 21.8. The van der Waals surface area contributed by atoms with Crippen LogP contribution in [0.4, 0.5) is 4.39 Å². The summed E-state index contributed by atoms with van der Waals surface area (Å²) in [6, 6.07) is 8.06. The van der Waals surface area contributed by atoms with Crippen LogP contribution in [0.3, 0.4) is 0 Å². The molecule has 0 saturated carbocycles. The van der Waals surface area contributed by atoms with Crippen molar-refractivity contribution in [3.05, 3.63) is 92.1 Å². The van der Waals surface area contributed by atoms with Crippen molar-refractivity contribution >= 4 is 17.8 Å². The maximum Gasteiger partial charge on any atom is 0.305 e. The zero-order valence-corrected chi connectivity index (χ0v) is 29.2. The van der Waals surface area contributed by atoms with Crippen LogP contribution in [0.15, 0.2) is 47.4 Å². The summed E-state index contributed by atoms with van der Waals surface area (Å²) in [7, 11) is 3.81. The second-order valence-electron chi connectivity index (χ2n) is 13.8. The van der Waals surface area contributed by atoms with Crippen LogP contribution in [0, 0.1) is 39.4 Å². The van der Waals surface area contributed by atoms with E-state index in [0.717, 1.165) is 22.3 Å². The Morgan fingerprint density at radius 3 is 2.15 bits per heavy atom. The number of benzene rings is 2. The molecule has 254 valence electrons. The standard InChI is InChI=1S/C37H49FN4O5/c1-21(2)14-30(40-34(45)27-12-11-13-42(36(27)47)20-37(7,8)41(9)10)35(46)39-29(19-31(43)44)28-18-26(17-25(6)33(28)38)32-23(4)15-22(3)16-24(32)5/h11-13,15-18,21,29-30H,14,19-20H2,1-10H3,(H,39,46)(H,40,45)(H,43,44)/t29-,30-/m0/s1. The van der Waals surface area contributed by atoms with Crippen molar-refractivity contribution in [2.75, 3.05) is 14.1 Å². The maximum atomic E-state index is 15.8. The Morgan fingerprint density at radius 2 is 1.60 bits per heavy atom. The van der Waals surface area contributed by atoms with Gasteiger partial charge >= 0.3 is 5.97 Å². The van der Waals surface area contributed by atoms with Gasteiger partial charge in [0.25, 0.3) is 11.5 Å². The summed E-state index contributed by atoms with van der Waals surface area (Å²) in [6.07, 6.45) is 1.24. The molecule has 0 aliphatic rings. The number of aliphatic carboxylic acids is 1. The number of carbonyl (C=O) groups excluding carboxylic acids is 2. The molecule has 3 N–H and O–H groups in total. The van der Waals surface area contributed by atoms with E-state index < -0.39 is 47.7 Å². The molecule has 2 amide bonds. The van der Waals surface area contributed by atoms with Gasteiger partial charge in [0.1, 0.15) is 17.4 Å². The molecule has 0 aliphatic carbocycles. The van der Waals surface area contributed by atoms with Crippen molar-refractivity contribution in [3.63, 3.8) is 0 Å². The summed E-state index contributed by atoms with van der Waals surface area (Å²) in [5, 5.41) is 15.2. The molecule has 2 atom stereocenters. The zero-order valence-electron chi connectivity index (χ0n) is 29.2. The van der Waals surface area contributed by atoms with Gasteiger partial charge in [-0.2, -0.15) is 0 Å². The van der Waals surface area contributed by atoms with E-state index in [0.29, 0.717) is 17.7 Å². The van der Waals surface area contributed by atoms with Crippen molar-refractivity contribution < 1.29 is 23.9 Å². The number of carboxylic acid groups (broad SMARTS) is 1. The second kappa shape index (κ2) is 15.1. The Hall–Kier alpha value is -4.31. The fourth-order valence-corrected chi connectivity index (χ4v) is 5.85. The number of pyridine rings is 1. The van der Waals surface area contributed by atoms with Crippen LogP contribution in [0.25, 0.3) is 11.1 Å². The lowest BCUT2D eigenvalue weighted by Gasteiger charge is -2.33. The van der Waals surface area contributed by atoms with Gasteiger partial charge in [0, 0.05) is 23.8 Å². The van der Waals surface area contributed by atoms with Crippen molar-refractivity contribution in [2.24, 2.45) is 5.92 Å². The predicted octanol–water partition coefficient (Wildman–Crippen LogP) is 5.70. The summed E-state index contributed by atoms with van der Waals surface area (Å²) in [5.74, 6) is -3.29. The first-order valence-corrected chi connectivity index (χ1v) is 15.9. The number of nitrogens with zero attached hydrogens (tertiary/aromatic N) is 2. The minimum absolute atomic E-state index is 0.0409. The van der Waals surface area contributed by atoms with E-state index in [9.17, 15) is 24.3 Å². The lowest BCUT2D eigenvalue weighted by molar-refractivity contribution is -0.137. The molecule has 3 rings (SSSR count). The number of hydrogen-bond donors (Lipinski definition) is 3. The van der Waals surface area contributed by atoms with E-state index in [-0.39, 0.29) is 29.0 Å². The normalized spacial score (nSPS) is 13.0. The van der Waals surface area contributed by atoms with Crippen molar-refractivity contribution in [3.8, 4) is 11.1 Å². The van der Waals surface area contributed by atoms with Crippen LogP contribution in [-0.2, 0) is 16.1 Å². The third kappa shape index (κ3) is 9.16. The lowest BCUT2D eigenvalue weighted by Crippen LogP contribution is -2.50. The van der Waals surface area contributed by atoms with E-state index in [2.05, 4.69) is 10.6 Å². The Balaban J connectivity index is 1.98. The minimum atomic E-state index is -1.23. The Bertz CT molecular complexity index is 1690. The fourth-order valence-electron chi connectivity index (χ4n) is 5.85. The van der Waals surface area contributed by atoms with E-state index >= 15 is 4.39 Å². The van der Waals surface area contributed by atoms with Gasteiger partial charge in [0.05, 0.1) is 12.5 Å². The van der Waals surface area contributed by atoms with Crippen molar-refractivity contribution in [1.82, 2.24) is 20.1 Å². The number of aryl methyl sites for hydroxylation is 4. The molecule has 47 heavy (non-hydrogen) atoms. The Kier molecular flexibility index (Phi) is 11.9. The highest BCUT2D eigenvalue weighted by Crippen LogP contribution is 2.34. The number of carboxylic acids is 1. The van der Waals surface area contributed by atoms with E-state index in [1.54, 1.807) is 31.3 Å². The maximum absolute atomic E-state index is 15.8. The molecule has 2 aromatic carbocycles. The molecular formula is C37H49FN4O5. The van der Waals surface area contributed by atoms with Crippen LogP contribution in [-0.4, -0.2) is 58.0 Å². The Labute approximate surface area is 277 Å². The van der Waals surface area contributed by atoms with E-state index in [1.807, 2.05) is 79.6 Å². The summed E-state index contributed by atoms with van der Waals surface area (Å²) < 4.78 is 17.2. The largest absolute Gasteiger partial charge is 0.481 e. The van der Waals surface area contributed by atoms with Gasteiger partial charge in [-0.3, -0.25) is 19.2 Å². The zero-order chi connectivity index (χ0) is 35.4. The predicted molar refractivity (Wildman–Crippen MR) is 183 cm³/mol. The molecule has 1 heterocycles. The van der Waals surface area contributed by atoms with E-state index in [1.165, 1.54) is 10.6 Å². The van der Waals surface area contributed by atoms with Crippen LogP contribution in [0.1, 0.15) is 84.8 Å². The minimum Gasteiger partial charge on any atom is -0.481 e. The number of rotatable bonds is 13. The van der Waals surface area contributed by atoms with Gasteiger partial charge < -0.3 is 25.2 Å². The number of halogens is 1. The summed E-state index contributed by atoms with van der Waals surface area (Å²) in [5.41, 5.74) is 4.05. The van der Waals surface area contributed by atoms with Gasteiger partial charge in [-0.05, 0) is 120 Å². The number of nitrogens with one attached hydrogen (secondary N) is 2. The number of likely N-dealkylation sites (N-methyl/N-ethyl adjacent to an activating group) is 1. The highest BCUT2D eigenvalue weighted by molar-refractivity contribution is 5.97. The van der Waals surface area contributed by atoms with Gasteiger partial charge in [0.15, 0.2) is 0 Å². The molecule has 9 nitrogen and oxygen atoms in total. The van der Waals surface area contributed by atoms with E-state index in [4.69, 9.17) is 0 Å². The van der Waals surface area contributed by atoms with Crippen LogP contribution >= 0.6 is 0 Å². The molecule has 0 spiro atoms. The highest BCUT2D eigenvalue weighted by atomic mass is 19.1. The van der Waals surface area contributed by atoms with Crippen LogP contribution in [0.5, 0.6) is 0 Å². The van der Waals surface area contributed by atoms with Gasteiger partial charge in [-0.25, -0.2) is 4.39 Å². The molecule has 0 saturated heterocycles. The fraction of sp³-hybridized carbons (Fsp3) is 0.459. The first-order valence-electron chi connectivity index (χ1n) is 15.9. The second-order valence-corrected chi connectivity index (χ2v) is 13.8.